The number of amides is 1. The largest absolute Gasteiger partial charge is 0.334 e. The number of halogens is 1. The molecule has 0 radical (unpaired) electrons. The first kappa shape index (κ1) is 19.5. The number of aromatic nitrogens is 3. The van der Waals surface area contributed by atoms with Crippen molar-refractivity contribution in [2.75, 3.05) is 25.0 Å². The lowest BCUT2D eigenvalue weighted by atomic mass is 9.93. The highest BCUT2D eigenvalue weighted by atomic mass is 19.1. The number of hydrogen-bond donors (Lipinski definition) is 1. The Balaban J connectivity index is 1.42. The molecule has 0 saturated carbocycles. The van der Waals surface area contributed by atoms with Crippen molar-refractivity contribution in [3.8, 4) is 11.3 Å². The van der Waals surface area contributed by atoms with Crippen LogP contribution < -0.4 is 5.32 Å². The maximum atomic E-state index is 13.4. The molecule has 1 fully saturated rings. The van der Waals surface area contributed by atoms with Crippen LogP contribution in [0.3, 0.4) is 0 Å². The molecule has 3 heterocycles. The van der Waals surface area contributed by atoms with Gasteiger partial charge in [-0.1, -0.05) is 12.1 Å². The SMILES string of the molecule is CC(F)C1CCN(CC(=O)Nc2cc3cc(-c4cncn4C)ccc3cn2)CC1. The van der Waals surface area contributed by atoms with Crippen molar-refractivity contribution in [3.05, 3.63) is 43.0 Å². The van der Waals surface area contributed by atoms with E-state index in [1.165, 1.54) is 0 Å². The number of benzene rings is 1. The molecule has 7 heteroatoms. The molecule has 3 aromatic rings. The summed E-state index contributed by atoms with van der Waals surface area (Å²) in [4.78, 5) is 23.1. The zero-order valence-corrected chi connectivity index (χ0v) is 16.8. The monoisotopic (exact) mass is 395 g/mol. The molecule has 1 N–H and O–H groups in total. The number of fused-ring (bicyclic) bond motifs is 1. The van der Waals surface area contributed by atoms with E-state index in [9.17, 15) is 9.18 Å². The van der Waals surface area contributed by atoms with E-state index in [1.54, 1.807) is 19.4 Å². The van der Waals surface area contributed by atoms with Gasteiger partial charge >= 0.3 is 0 Å². The third-order valence-corrected chi connectivity index (χ3v) is 5.75. The van der Waals surface area contributed by atoms with Gasteiger partial charge < -0.3 is 9.88 Å². The van der Waals surface area contributed by atoms with Gasteiger partial charge in [0.2, 0.25) is 5.91 Å². The van der Waals surface area contributed by atoms with Crippen LogP contribution in [-0.2, 0) is 11.8 Å². The molecular formula is C22H26FN5O. The first-order valence-electron chi connectivity index (χ1n) is 10.0. The van der Waals surface area contributed by atoms with Crippen molar-refractivity contribution in [1.82, 2.24) is 19.4 Å². The molecular weight excluding hydrogens is 369 g/mol. The third kappa shape index (κ3) is 4.45. The Morgan fingerprint density at radius 2 is 2.03 bits per heavy atom. The molecule has 2 aromatic heterocycles. The van der Waals surface area contributed by atoms with Crippen molar-refractivity contribution in [1.29, 1.82) is 0 Å². The number of rotatable bonds is 5. The molecule has 1 aliphatic rings. The van der Waals surface area contributed by atoms with Crippen LogP contribution in [0.5, 0.6) is 0 Å². The zero-order valence-electron chi connectivity index (χ0n) is 16.8. The summed E-state index contributed by atoms with van der Waals surface area (Å²) in [5.74, 6) is 0.563. The lowest BCUT2D eigenvalue weighted by Gasteiger charge is -2.31. The predicted molar refractivity (Wildman–Crippen MR) is 112 cm³/mol. The Bertz CT molecular complexity index is 1010. The summed E-state index contributed by atoms with van der Waals surface area (Å²) in [6, 6.07) is 8.03. The molecule has 1 aliphatic heterocycles. The Hall–Kier alpha value is -2.80. The number of carbonyl (C=O) groups is 1. The predicted octanol–water partition coefficient (Wildman–Crippen LogP) is 3.64. The summed E-state index contributed by atoms with van der Waals surface area (Å²) in [6.07, 6.45) is 6.20. The molecule has 1 amide bonds. The van der Waals surface area contributed by atoms with E-state index in [4.69, 9.17) is 0 Å². The zero-order chi connectivity index (χ0) is 20.4. The topological polar surface area (TPSA) is 63.1 Å². The van der Waals surface area contributed by atoms with Gasteiger partial charge in [-0.2, -0.15) is 0 Å². The number of carbonyl (C=O) groups excluding carboxylic acids is 1. The maximum Gasteiger partial charge on any atom is 0.239 e. The summed E-state index contributed by atoms with van der Waals surface area (Å²) in [5.41, 5.74) is 2.09. The average Bonchev–Trinajstić information content (AvgIpc) is 3.13. The van der Waals surface area contributed by atoms with E-state index < -0.39 is 6.17 Å². The first-order valence-corrected chi connectivity index (χ1v) is 10.0. The molecule has 1 saturated heterocycles. The summed E-state index contributed by atoms with van der Waals surface area (Å²) in [7, 11) is 1.96. The lowest BCUT2D eigenvalue weighted by Crippen LogP contribution is -2.40. The second-order valence-corrected chi connectivity index (χ2v) is 7.86. The van der Waals surface area contributed by atoms with Crippen molar-refractivity contribution >= 4 is 22.5 Å². The van der Waals surface area contributed by atoms with Crippen molar-refractivity contribution < 1.29 is 9.18 Å². The number of nitrogens with one attached hydrogen (secondary N) is 1. The number of pyridine rings is 1. The molecule has 0 bridgehead atoms. The van der Waals surface area contributed by atoms with E-state index in [0.29, 0.717) is 12.4 Å². The minimum atomic E-state index is -0.774. The van der Waals surface area contributed by atoms with Gasteiger partial charge in [-0.05, 0) is 56.3 Å². The molecule has 1 unspecified atom stereocenters. The van der Waals surface area contributed by atoms with Crippen LogP contribution in [0.4, 0.5) is 10.2 Å². The highest BCUT2D eigenvalue weighted by molar-refractivity contribution is 5.94. The summed E-state index contributed by atoms with van der Waals surface area (Å²) in [6.45, 7) is 3.44. The number of anilines is 1. The van der Waals surface area contributed by atoms with Crippen molar-refractivity contribution in [2.24, 2.45) is 13.0 Å². The van der Waals surface area contributed by atoms with Crippen molar-refractivity contribution in [3.63, 3.8) is 0 Å². The van der Waals surface area contributed by atoms with E-state index in [2.05, 4.69) is 26.3 Å². The lowest BCUT2D eigenvalue weighted by molar-refractivity contribution is -0.117. The average molecular weight is 395 g/mol. The Kier molecular flexibility index (Phi) is 5.58. The van der Waals surface area contributed by atoms with E-state index in [0.717, 1.165) is 48.0 Å². The van der Waals surface area contributed by atoms with Gasteiger partial charge in [0, 0.05) is 24.2 Å². The minimum absolute atomic E-state index is 0.0913. The van der Waals surface area contributed by atoms with Gasteiger partial charge in [0.05, 0.1) is 24.8 Å². The highest BCUT2D eigenvalue weighted by Crippen LogP contribution is 2.25. The molecule has 152 valence electrons. The van der Waals surface area contributed by atoms with Crippen LogP contribution in [0.25, 0.3) is 22.0 Å². The minimum Gasteiger partial charge on any atom is -0.334 e. The number of likely N-dealkylation sites (tertiary alicyclic amines) is 1. The second kappa shape index (κ2) is 8.29. The summed E-state index contributed by atoms with van der Waals surface area (Å²) in [5, 5.41) is 4.91. The number of aryl methyl sites for hydroxylation is 1. The smallest absolute Gasteiger partial charge is 0.239 e. The van der Waals surface area contributed by atoms with Crippen LogP contribution in [0.2, 0.25) is 0 Å². The van der Waals surface area contributed by atoms with Gasteiger partial charge in [-0.3, -0.25) is 9.69 Å². The fraction of sp³-hybridized carbons (Fsp3) is 0.409. The normalized spacial score (nSPS) is 16.8. The standard InChI is InChI=1S/C22H26FN5O/c1-15(23)16-5-7-28(8-6-16)13-22(29)26-21-10-19-9-17(3-4-18(19)11-25-21)20-12-24-14-27(20)2/h3-4,9-12,14-16H,5-8,13H2,1-2H3,(H,25,26,29). The third-order valence-electron chi connectivity index (χ3n) is 5.75. The van der Waals surface area contributed by atoms with Gasteiger partial charge in [0.15, 0.2) is 0 Å². The van der Waals surface area contributed by atoms with E-state index in [1.807, 2.05) is 36.0 Å². The molecule has 6 nitrogen and oxygen atoms in total. The van der Waals surface area contributed by atoms with Crippen LogP contribution in [0, 0.1) is 5.92 Å². The number of nitrogens with zero attached hydrogens (tertiary/aromatic N) is 4. The maximum absolute atomic E-state index is 13.4. The highest BCUT2D eigenvalue weighted by Gasteiger charge is 2.24. The van der Waals surface area contributed by atoms with Crippen LogP contribution in [0.1, 0.15) is 19.8 Å². The van der Waals surface area contributed by atoms with Crippen molar-refractivity contribution in [2.45, 2.75) is 25.9 Å². The van der Waals surface area contributed by atoms with Gasteiger partial charge in [0.1, 0.15) is 12.0 Å². The number of imidazole rings is 1. The Morgan fingerprint density at radius 3 is 2.72 bits per heavy atom. The fourth-order valence-corrected chi connectivity index (χ4v) is 3.96. The molecule has 1 aromatic carbocycles. The number of piperidine rings is 1. The van der Waals surface area contributed by atoms with Crippen LogP contribution in [-0.4, -0.2) is 51.1 Å². The van der Waals surface area contributed by atoms with Gasteiger partial charge in [0.25, 0.3) is 0 Å². The second-order valence-electron chi connectivity index (χ2n) is 7.86. The molecule has 0 aliphatic carbocycles. The summed E-state index contributed by atoms with van der Waals surface area (Å²) >= 11 is 0. The van der Waals surface area contributed by atoms with Crippen LogP contribution >= 0.6 is 0 Å². The quantitative estimate of drug-likeness (QED) is 0.716. The van der Waals surface area contributed by atoms with E-state index in [-0.39, 0.29) is 11.8 Å². The summed E-state index contributed by atoms with van der Waals surface area (Å²) < 4.78 is 15.4. The molecule has 1 atom stereocenters. The first-order chi connectivity index (χ1) is 14.0. The molecule has 29 heavy (non-hydrogen) atoms. The fourth-order valence-electron chi connectivity index (χ4n) is 3.96. The number of alkyl halides is 1. The Morgan fingerprint density at radius 1 is 1.24 bits per heavy atom. The molecule has 4 rings (SSSR count). The van der Waals surface area contributed by atoms with Gasteiger partial charge in [-0.25, -0.2) is 14.4 Å². The van der Waals surface area contributed by atoms with Crippen LogP contribution in [0.15, 0.2) is 43.0 Å². The number of hydrogen-bond acceptors (Lipinski definition) is 4. The Labute approximate surface area is 169 Å². The van der Waals surface area contributed by atoms with Gasteiger partial charge in [-0.15, -0.1) is 0 Å². The van der Waals surface area contributed by atoms with E-state index >= 15 is 0 Å². The molecule has 0 spiro atoms.